The van der Waals surface area contributed by atoms with Crippen molar-refractivity contribution in [1.29, 1.82) is 0 Å². The molecule has 37 heavy (non-hydrogen) atoms. The number of carbonyl (C=O) groups is 1. The number of alkyl halides is 6. The maximum Gasteiger partial charge on any atom is 0.573 e. The van der Waals surface area contributed by atoms with Crippen molar-refractivity contribution in [2.45, 2.75) is 31.3 Å². The van der Waals surface area contributed by atoms with E-state index in [2.05, 4.69) is 10.1 Å². The predicted octanol–water partition coefficient (Wildman–Crippen LogP) is 6.30. The number of amides is 2. The first kappa shape index (κ1) is 26.3. The normalized spacial score (nSPS) is 15.1. The van der Waals surface area contributed by atoms with E-state index in [-0.39, 0.29) is 24.7 Å². The van der Waals surface area contributed by atoms with Crippen molar-refractivity contribution in [1.82, 2.24) is 10.2 Å². The van der Waals surface area contributed by atoms with Gasteiger partial charge in [0.2, 0.25) is 0 Å². The van der Waals surface area contributed by atoms with Gasteiger partial charge in [0.15, 0.2) is 0 Å². The van der Waals surface area contributed by atoms with Crippen LogP contribution in [0.25, 0.3) is 0 Å². The number of halogens is 6. The van der Waals surface area contributed by atoms with Crippen LogP contribution in [-0.4, -0.2) is 36.5 Å². The summed E-state index contributed by atoms with van der Waals surface area (Å²) in [4.78, 5) is 13.9. The second-order valence-corrected chi connectivity index (χ2v) is 8.39. The molecular weight excluding hydrogens is 502 g/mol. The lowest BCUT2D eigenvalue weighted by atomic mass is 9.95. The number of ether oxygens (including phenoxy) is 2. The number of rotatable bonds is 7. The summed E-state index contributed by atoms with van der Waals surface area (Å²) in [6.07, 6.45) is -11.9. The molecule has 4 rings (SSSR count). The zero-order valence-electron chi connectivity index (χ0n) is 19.2. The van der Waals surface area contributed by atoms with Crippen LogP contribution in [0.2, 0.25) is 0 Å². The van der Waals surface area contributed by atoms with Gasteiger partial charge in [-0.3, -0.25) is 0 Å². The van der Waals surface area contributed by atoms with Gasteiger partial charge in [-0.05, 0) is 28.8 Å². The molecule has 1 atom stereocenters. The van der Waals surface area contributed by atoms with Crippen LogP contribution in [-0.2, 0) is 17.5 Å². The highest BCUT2D eigenvalue weighted by Crippen LogP contribution is 2.41. The third-order valence-electron chi connectivity index (χ3n) is 5.70. The van der Waals surface area contributed by atoms with Crippen molar-refractivity contribution >= 4 is 6.03 Å². The van der Waals surface area contributed by atoms with Crippen LogP contribution in [0, 0.1) is 0 Å². The highest BCUT2D eigenvalue weighted by atomic mass is 19.4. The maximum absolute atomic E-state index is 13.9. The van der Waals surface area contributed by atoms with Crippen molar-refractivity contribution < 1.29 is 40.6 Å². The molecule has 0 aromatic heterocycles. The summed E-state index contributed by atoms with van der Waals surface area (Å²) in [7, 11) is 0. The molecular formula is C26H22F6N2O3. The summed E-state index contributed by atoms with van der Waals surface area (Å²) in [5.74, 6) is -0.986. The summed E-state index contributed by atoms with van der Waals surface area (Å²) in [5, 5.41) is 2.77. The van der Waals surface area contributed by atoms with Gasteiger partial charge >= 0.3 is 18.6 Å². The Morgan fingerprint density at radius 3 is 2.14 bits per heavy atom. The lowest BCUT2D eigenvalue weighted by Crippen LogP contribution is -2.57. The first-order valence-corrected chi connectivity index (χ1v) is 11.2. The average Bonchev–Trinajstić information content (AvgIpc) is 2.82. The summed E-state index contributed by atoms with van der Waals surface area (Å²) in [5.41, 5.74) is -0.379. The van der Waals surface area contributed by atoms with E-state index in [1.165, 1.54) is 4.90 Å². The van der Waals surface area contributed by atoms with E-state index in [0.29, 0.717) is 18.2 Å². The Balaban J connectivity index is 1.51. The zero-order chi connectivity index (χ0) is 26.6. The lowest BCUT2D eigenvalue weighted by Gasteiger charge is -2.41. The summed E-state index contributed by atoms with van der Waals surface area (Å²) in [6.45, 7) is 0.594. The molecule has 1 fully saturated rings. The Labute approximate surface area is 208 Å². The van der Waals surface area contributed by atoms with Crippen molar-refractivity contribution in [3.8, 4) is 5.75 Å². The Kier molecular flexibility index (Phi) is 7.63. The van der Waals surface area contributed by atoms with Crippen LogP contribution in [0.1, 0.15) is 28.4 Å². The van der Waals surface area contributed by atoms with E-state index in [0.717, 1.165) is 17.7 Å². The van der Waals surface area contributed by atoms with Gasteiger partial charge < -0.3 is 19.7 Å². The number of benzene rings is 3. The quantitative estimate of drug-likeness (QED) is 0.369. The van der Waals surface area contributed by atoms with E-state index < -0.39 is 36.1 Å². The second-order valence-electron chi connectivity index (χ2n) is 8.39. The molecule has 3 aromatic rings. The topological polar surface area (TPSA) is 50.8 Å². The van der Waals surface area contributed by atoms with E-state index in [9.17, 15) is 31.1 Å². The minimum atomic E-state index is -5.14. The van der Waals surface area contributed by atoms with Crippen LogP contribution in [0.3, 0.4) is 0 Å². The van der Waals surface area contributed by atoms with E-state index >= 15 is 0 Å². The van der Waals surface area contributed by atoms with Gasteiger partial charge in [0.1, 0.15) is 11.9 Å². The van der Waals surface area contributed by atoms with Gasteiger partial charge in [0.25, 0.3) is 0 Å². The molecule has 0 saturated carbocycles. The molecule has 1 aliphatic heterocycles. The van der Waals surface area contributed by atoms with Crippen LogP contribution in [0.4, 0.5) is 31.1 Å². The third kappa shape index (κ3) is 6.94. The highest BCUT2D eigenvalue weighted by molar-refractivity contribution is 5.75. The fourth-order valence-corrected chi connectivity index (χ4v) is 3.93. The zero-order valence-corrected chi connectivity index (χ0v) is 19.2. The third-order valence-corrected chi connectivity index (χ3v) is 5.70. The first-order valence-electron chi connectivity index (χ1n) is 11.2. The Bertz CT molecular complexity index is 1200. The number of nitrogens with one attached hydrogen (secondary N) is 1. The van der Waals surface area contributed by atoms with Gasteiger partial charge in [-0.1, -0.05) is 66.7 Å². The largest absolute Gasteiger partial charge is 0.573 e. The molecule has 1 N–H and O–H groups in total. The molecule has 196 valence electrons. The number of urea groups is 1. The molecule has 11 heteroatoms. The van der Waals surface area contributed by atoms with Gasteiger partial charge in [0, 0.05) is 6.54 Å². The first-order chi connectivity index (χ1) is 17.5. The molecule has 0 radical (unpaired) electrons. The van der Waals surface area contributed by atoms with E-state index in [1.807, 2.05) is 30.3 Å². The van der Waals surface area contributed by atoms with Crippen molar-refractivity contribution in [2.24, 2.45) is 0 Å². The van der Waals surface area contributed by atoms with Crippen molar-refractivity contribution in [3.05, 3.63) is 101 Å². The molecule has 0 spiro atoms. The van der Waals surface area contributed by atoms with Gasteiger partial charge in [0.05, 0.1) is 24.8 Å². The monoisotopic (exact) mass is 524 g/mol. The van der Waals surface area contributed by atoms with Crippen molar-refractivity contribution in [3.63, 3.8) is 0 Å². The number of hydrogen-bond donors (Lipinski definition) is 1. The van der Waals surface area contributed by atoms with Crippen LogP contribution in [0.5, 0.6) is 5.75 Å². The lowest BCUT2D eigenvalue weighted by molar-refractivity contribution is -0.274. The molecule has 2 amide bonds. The SMILES string of the molecule is O=C(NCc1ccccc1)N1CC(OC(c2ccccc2)c2ccc(OC(F)(F)F)cc2C(F)(F)F)C1. The van der Waals surface area contributed by atoms with Crippen LogP contribution >= 0.6 is 0 Å². The molecule has 1 aliphatic rings. The fourth-order valence-electron chi connectivity index (χ4n) is 3.93. The van der Waals surface area contributed by atoms with E-state index in [1.54, 1.807) is 30.3 Å². The summed E-state index contributed by atoms with van der Waals surface area (Å²) < 4.78 is 89.2. The standard InChI is InChI=1S/C26H22F6N2O3/c27-25(28,29)22-13-19(37-26(30,31)32)11-12-21(22)23(18-9-5-2-6-10-18)36-20-15-34(16-20)24(35)33-14-17-7-3-1-4-8-17/h1-13,20,23H,14-16H2,(H,33,35). The van der Waals surface area contributed by atoms with Gasteiger partial charge in [-0.25, -0.2) is 4.79 Å². The second kappa shape index (κ2) is 10.7. The number of hydrogen-bond acceptors (Lipinski definition) is 3. The molecule has 1 heterocycles. The Morgan fingerprint density at radius 1 is 0.919 bits per heavy atom. The van der Waals surface area contributed by atoms with Crippen LogP contribution < -0.4 is 10.1 Å². The Hall–Kier alpha value is -3.73. The van der Waals surface area contributed by atoms with Gasteiger partial charge in [-0.2, -0.15) is 13.2 Å². The predicted molar refractivity (Wildman–Crippen MR) is 122 cm³/mol. The smallest absolute Gasteiger partial charge is 0.406 e. The van der Waals surface area contributed by atoms with Gasteiger partial charge in [-0.15, -0.1) is 13.2 Å². The minimum absolute atomic E-state index is 0.139. The number of carbonyl (C=O) groups excluding carboxylic acids is 1. The van der Waals surface area contributed by atoms with E-state index in [4.69, 9.17) is 4.74 Å². The number of nitrogens with zero attached hydrogens (tertiary/aromatic N) is 1. The number of likely N-dealkylation sites (tertiary alicyclic amines) is 1. The highest BCUT2D eigenvalue weighted by Gasteiger charge is 2.40. The molecule has 1 saturated heterocycles. The molecule has 3 aromatic carbocycles. The average molecular weight is 524 g/mol. The van der Waals surface area contributed by atoms with Crippen LogP contribution in [0.15, 0.2) is 78.9 Å². The summed E-state index contributed by atoms with van der Waals surface area (Å²) in [6, 6.07) is 19.0. The molecule has 5 nitrogen and oxygen atoms in total. The maximum atomic E-state index is 13.9. The summed E-state index contributed by atoms with van der Waals surface area (Å²) >= 11 is 0. The molecule has 1 unspecified atom stereocenters. The molecule has 0 bridgehead atoms. The Morgan fingerprint density at radius 2 is 1.54 bits per heavy atom. The van der Waals surface area contributed by atoms with Crippen molar-refractivity contribution in [2.75, 3.05) is 13.1 Å². The minimum Gasteiger partial charge on any atom is -0.406 e. The molecule has 0 aliphatic carbocycles. The fraction of sp³-hybridized carbons (Fsp3) is 0.269.